The average Bonchev–Trinajstić information content (AvgIpc) is 2.67. The lowest BCUT2D eigenvalue weighted by atomic mass is 10.1. The largest absolute Gasteiger partial charge is 0.466 e. The Kier molecular flexibility index (Phi) is 23.0. The van der Waals surface area contributed by atoms with E-state index in [1.165, 1.54) is 64.2 Å². The number of carbonyl (C=O) groups excluding carboxylic acids is 1. The zero-order valence-electron chi connectivity index (χ0n) is 17.7. The Balaban J connectivity index is 3.22. The lowest BCUT2D eigenvalue weighted by Crippen LogP contribution is -2.05. The van der Waals surface area contributed by atoms with Crippen molar-refractivity contribution in [1.82, 2.24) is 0 Å². The third-order valence-electron chi connectivity index (χ3n) is 4.62. The van der Waals surface area contributed by atoms with Crippen LogP contribution in [0.1, 0.15) is 110 Å². The Hall–Kier alpha value is -0.570. The van der Waals surface area contributed by atoms with Crippen molar-refractivity contribution in [2.45, 2.75) is 110 Å². The number of allylic oxidation sites excluding steroid dienone is 4. The summed E-state index contributed by atoms with van der Waals surface area (Å²) in [4.78, 5) is 11.5. The lowest BCUT2D eigenvalue weighted by Gasteiger charge is -2.04. The van der Waals surface area contributed by atoms with E-state index in [0.717, 1.165) is 37.4 Å². The van der Waals surface area contributed by atoms with Crippen LogP contribution in [0.5, 0.6) is 0 Å². The van der Waals surface area contributed by atoms with Crippen LogP contribution in [0.25, 0.3) is 0 Å². The quantitative estimate of drug-likeness (QED) is 0.0819. The van der Waals surface area contributed by atoms with Crippen molar-refractivity contribution < 1.29 is 9.53 Å². The monoisotopic (exact) mass is 442 g/mol. The SMILES string of the molecule is CCCCC/C=C\C/C=C\CCCCCCCCOC(=O)CCCCCBr. The van der Waals surface area contributed by atoms with Crippen LogP contribution in [-0.2, 0) is 9.53 Å². The molecule has 0 saturated carbocycles. The first-order valence-electron chi connectivity index (χ1n) is 11.3. The minimum atomic E-state index is -0.0211. The van der Waals surface area contributed by atoms with Gasteiger partial charge in [-0.05, 0) is 51.4 Å². The molecular formula is C24H43BrO2. The third kappa shape index (κ3) is 23.4. The van der Waals surface area contributed by atoms with Crippen molar-refractivity contribution in [2.24, 2.45) is 0 Å². The first-order valence-corrected chi connectivity index (χ1v) is 12.4. The second kappa shape index (κ2) is 23.5. The number of ether oxygens (including phenoxy) is 1. The Morgan fingerprint density at radius 3 is 2.00 bits per heavy atom. The van der Waals surface area contributed by atoms with Crippen LogP contribution in [0.15, 0.2) is 24.3 Å². The zero-order valence-corrected chi connectivity index (χ0v) is 19.3. The fourth-order valence-electron chi connectivity index (χ4n) is 2.89. The van der Waals surface area contributed by atoms with Gasteiger partial charge in [0, 0.05) is 11.8 Å². The molecule has 0 unspecified atom stereocenters. The van der Waals surface area contributed by atoms with Gasteiger partial charge in [0.15, 0.2) is 0 Å². The maximum Gasteiger partial charge on any atom is 0.305 e. The number of hydrogen-bond acceptors (Lipinski definition) is 2. The molecule has 158 valence electrons. The number of esters is 1. The molecule has 0 aliphatic carbocycles. The highest BCUT2D eigenvalue weighted by Crippen LogP contribution is 2.09. The van der Waals surface area contributed by atoms with Gasteiger partial charge in [-0.1, -0.05) is 92.1 Å². The van der Waals surface area contributed by atoms with Gasteiger partial charge in [-0.3, -0.25) is 4.79 Å². The van der Waals surface area contributed by atoms with E-state index in [-0.39, 0.29) is 5.97 Å². The molecule has 0 N–H and O–H groups in total. The summed E-state index contributed by atoms with van der Waals surface area (Å²) in [5.74, 6) is -0.0211. The Morgan fingerprint density at radius 1 is 0.741 bits per heavy atom. The Bertz CT molecular complexity index is 363. The smallest absolute Gasteiger partial charge is 0.305 e. The molecule has 0 heterocycles. The molecule has 0 bridgehead atoms. The first-order chi connectivity index (χ1) is 13.3. The Labute approximate surface area is 177 Å². The van der Waals surface area contributed by atoms with Crippen molar-refractivity contribution in [3.8, 4) is 0 Å². The molecule has 0 atom stereocenters. The molecule has 27 heavy (non-hydrogen) atoms. The maximum atomic E-state index is 11.5. The summed E-state index contributed by atoms with van der Waals surface area (Å²) in [6, 6.07) is 0. The van der Waals surface area contributed by atoms with E-state index in [0.29, 0.717) is 13.0 Å². The van der Waals surface area contributed by atoms with E-state index < -0.39 is 0 Å². The van der Waals surface area contributed by atoms with Crippen molar-refractivity contribution in [2.75, 3.05) is 11.9 Å². The predicted molar refractivity (Wildman–Crippen MR) is 123 cm³/mol. The van der Waals surface area contributed by atoms with Crippen LogP contribution in [0.2, 0.25) is 0 Å². The second-order valence-corrected chi connectivity index (χ2v) is 8.10. The van der Waals surface area contributed by atoms with Crippen LogP contribution >= 0.6 is 15.9 Å². The fourth-order valence-corrected chi connectivity index (χ4v) is 3.29. The second-order valence-electron chi connectivity index (χ2n) is 7.30. The van der Waals surface area contributed by atoms with Gasteiger partial charge in [0.1, 0.15) is 0 Å². The van der Waals surface area contributed by atoms with E-state index in [9.17, 15) is 4.79 Å². The molecule has 0 fully saturated rings. The molecule has 0 aromatic carbocycles. The standard InChI is InChI=1S/C24H43BrO2/c1-2-3-4-5-6-7-8-9-10-11-12-13-14-15-16-20-23-27-24(26)21-18-17-19-22-25/h6-7,9-10H,2-5,8,11-23H2,1H3/b7-6-,10-9-. The Morgan fingerprint density at radius 2 is 1.33 bits per heavy atom. The topological polar surface area (TPSA) is 26.3 Å². The lowest BCUT2D eigenvalue weighted by molar-refractivity contribution is -0.143. The summed E-state index contributed by atoms with van der Waals surface area (Å²) >= 11 is 3.40. The van der Waals surface area contributed by atoms with Crippen LogP contribution in [-0.4, -0.2) is 17.9 Å². The molecule has 0 rings (SSSR count). The molecule has 0 aliphatic rings. The van der Waals surface area contributed by atoms with Crippen LogP contribution in [0, 0.1) is 0 Å². The van der Waals surface area contributed by atoms with Gasteiger partial charge >= 0.3 is 5.97 Å². The minimum Gasteiger partial charge on any atom is -0.466 e. The minimum absolute atomic E-state index is 0.0211. The number of halogens is 1. The van der Waals surface area contributed by atoms with Crippen molar-refractivity contribution >= 4 is 21.9 Å². The molecule has 0 aromatic rings. The first kappa shape index (κ1) is 26.4. The van der Waals surface area contributed by atoms with E-state index in [4.69, 9.17) is 4.74 Å². The molecule has 0 aromatic heterocycles. The summed E-state index contributed by atoms with van der Waals surface area (Å²) in [6.45, 7) is 2.85. The molecule has 0 amide bonds. The van der Waals surface area contributed by atoms with Crippen LogP contribution in [0.4, 0.5) is 0 Å². The van der Waals surface area contributed by atoms with E-state index in [1.807, 2.05) is 0 Å². The molecule has 3 heteroatoms. The maximum absolute atomic E-state index is 11.5. The van der Waals surface area contributed by atoms with Gasteiger partial charge in [-0.2, -0.15) is 0 Å². The number of rotatable bonds is 20. The summed E-state index contributed by atoms with van der Waals surface area (Å²) in [5.41, 5.74) is 0. The average molecular weight is 444 g/mol. The summed E-state index contributed by atoms with van der Waals surface area (Å²) in [6.07, 6.45) is 27.9. The van der Waals surface area contributed by atoms with Crippen molar-refractivity contribution in [1.29, 1.82) is 0 Å². The van der Waals surface area contributed by atoms with E-state index in [1.54, 1.807) is 0 Å². The number of alkyl halides is 1. The zero-order chi connectivity index (χ0) is 19.8. The van der Waals surface area contributed by atoms with Gasteiger partial charge in [0.25, 0.3) is 0 Å². The molecule has 0 spiro atoms. The number of hydrogen-bond donors (Lipinski definition) is 0. The van der Waals surface area contributed by atoms with Gasteiger partial charge < -0.3 is 4.74 Å². The normalized spacial score (nSPS) is 11.6. The van der Waals surface area contributed by atoms with Gasteiger partial charge in [-0.15, -0.1) is 0 Å². The van der Waals surface area contributed by atoms with Gasteiger partial charge in [-0.25, -0.2) is 0 Å². The van der Waals surface area contributed by atoms with Crippen molar-refractivity contribution in [3.05, 3.63) is 24.3 Å². The summed E-state index contributed by atoms with van der Waals surface area (Å²) in [7, 11) is 0. The third-order valence-corrected chi connectivity index (χ3v) is 5.18. The highest BCUT2D eigenvalue weighted by Gasteiger charge is 2.01. The molecule has 0 saturated heterocycles. The summed E-state index contributed by atoms with van der Waals surface area (Å²) in [5, 5.41) is 1.02. The van der Waals surface area contributed by atoms with Crippen LogP contribution in [0.3, 0.4) is 0 Å². The van der Waals surface area contributed by atoms with Crippen molar-refractivity contribution in [3.63, 3.8) is 0 Å². The van der Waals surface area contributed by atoms with Gasteiger partial charge in [0.05, 0.1) is 6.61 Å². The van der Waals surface area contributed by atoms with E-state index in [2.05, 4.69) is 47.2 Å². The highest BCUT2D eigenvalue weighted by atomic mass is 79.9. The van der Waals surface area contributed by atoms with E-state index >= 15 is 0 Å². The highest BCUT2D eigenvalue weighted by molar-refractivity contribution is 9.09. The predicted octanol–water partition coefficient (Wildman–Crippen LogP) is 8.30. The number of carbonyl (C=O) groups is 1. The fraction of sp³-hybridized carbons (Fsp3) is 0.792. The molecule has 2 nitrogen and oxygen atoms in total. The van der Waals surface area contributed by atoms with Crippen LogP contribution < -0.4 is 0 Å². The molecule has 0 radical (unpaired) electrons. The molecular weight excluding hydrogens is 400 g/mol. The summed E-state index contributed by atoms with van der Waals surface area (Å²) < 4.78 is 5.28. The van der Waals surface area contributed by atoms with Gasteiger partial charge in [0.2, 0.25) is 0 Å². The number of unbranched alkanes of at least 4 members (excludes halogenated alkanes) is 11. The molecule has 0 aliphatic heterocycles.